The minimum absolute atomic E-state index is 0.0278. The van der Waals surface area contributed by atoms with Crippen molar-refractivity contribution in [3.05, 3.63) is 58.3 Å². The molecule has 0 bridgehead atoms. The topological polar surface area (TPSA) is 109 Å². The molecule has 158 valence electrons. The summed E-state index contributed by atoms with van der Waals surface area (Å²) in [5.41, 5.74) is 0.199. The highest BCUT2D eigenvalue weighted by molar-refractivity contribution is 5.93. The average molecular weight is 413 g/mol. The van der Waals surface area contributed by atoms with Gasteiger partial charge in [-0.25, -0.2) is 9.78 Å². The Morgan fingerprint density at radius 2 is 1.90 bits per heavy atom. The van der Waals surface area contributed by atoms with Crippen LogP contribution in [0.3, 0.4) is 0 Å². The van der Waals surface area contributed by atoms with E-state index in [-0.39, 0.29) is 17.2 Å². The summed E-state index contributed by atoms with van der Waals surface area (Å²) < 4.78 is 5.10. The number of piperazine rings is 1. The molecule has 0 unspecified atom stereocenters. The van der Waals surface area contributed by atoms with Gasteiger partial charge in [0.15, 0.2) is 6.61 Å². The highest BCUT2D eigenvalue weighted by atomic mass is 16.6. The maximum Gasteiger partial charge on any atom is 0.338 e. The lowest BCUT2D eigenvalue weighted by molar-refractivity contribution is -0.384. The molecule has 30 heavy (non-hydrogen) atoms. The number of carbonyl (C=O) groups excluding carboxylic acids is 2. The molecule has 1 fully saturated rings. The van der Waals surface area contributed by atoms with E-state index in [9.17, 15) is 19.7 Å². The quantitative estimate of drug-likeness (QED) is 0.399. The Balaban J connectivity index is 1.54. The van der Waals surface area contributed by atoms with E-state index in [1.807, 2.05) is 18.2 Å². The van der Waals surface area contributed by atoms with Crippen molar-refractivity contribution in [3.63, 3.8) is 0 Å². The first kappa shape index (κ1) is 21.0. The van der Waals surface area contributed by atoms with Gasteiger partial charge in [0, 0.05) is 52.5 Å². The molecule has 10 heteroatoms. The second-order valence-electron chi connectivity index (χ2n) is 6.99. The molecule has 1 aliphatic rings. The van der Waals surface area contributed by atoms with Gasteiger partial charge in [-0.15, -0.1) is 0 Å². The predicted molar refractivity (Wildman–Crippen MR) is 111 cm³/mol. The van der Waals surface area contributed by atoms with Crippen LogP contribution in [0.25, 0.3) is 0 Å². The van der Waals surface area contributed by atoms with E-state index in [1.165, 1.54) is 12.1 Å². The summed E-state index contributed by atoms with van der Waals surface area (Å²) in [5.74, 6) is -0.217. The van der Waals surface area contributed by atoms with Gasteiger partial charge < -0.3 is 19.4 Å². The van der Waals surface area contributed by atoms with Crippen LogP contribution < -0.4 is 9.80 Å². The van der Waals surface area contributed by atoms with Gasteiger partial charge in [-0.2, -0.15) is 0 Å². The molecule has 1 aromatic carbocycles. The fraction of sp³-hybridized carbons (Fsp3) is 0.350. The number of nitro groups is 1. The third-order valence-electron chi connectivity index (χ3n) is 4.82. The monoisotopic (exact) mass is 413 g/mol. The van der Waals surface area contributed by atoms with Crippen molar-refractivity contribution in [2.24, 2.45) is 0 Å². The lowest BCUT2D eigenvalue weighted by Crippen LogP contribution is -2.50. The summed E-state index contributed by atoms with van der Waals surface area (Å²) in [6.07, 6.45) is 1.72. The maximum absolute atomic E-state index is 12.4. The van der Waals surface area contributed by atoms with E-state index in [0.717, 1.165) is 11.9 Å². The number of anilines is 2. The second kappa shape index (κ2) is 9.21. The Bertz CT molecular complexity index is 926. The Kier molecular flexibility index (Phi) is 6.45. The van der Waals surface area contributed by atoms with Gasteiger partial charge in [0.25, 0.3) is 11.6 Å². The van der Waals surface area contributed by atoms with E-state index < -0.39 is 17.5 Å². The van der Waals surface area contributed by atoms with Crippen molar-refractivity contribution in [1.29, 1.82) is 0 Å². The third-order valence-corrected chi connectivity index (χ3v) is 4.82. The molecule has 0 N–H and O–H groups in total. The predicted octanol–water partition coefficient (Wildman–Crippen LogP) is 1.56. The molecule has 1 aromatic heterocycles. The first-order chi connectivity index (χ1) is 14.4. The summed E-state index contributed by atoms with van der Waals surface area (Å²) in [6.45, 7) is 1.85. The molecule has 2 aromatic rings. The zero-order valence-corrected chi connectivity index (χ0v) is 16.9. The molecule has 0 spiro atoms. The number of aromatic nitrogens is 1. The van der Waals surface area contributed by atoms with Crippen LogP contribution in [0.5, 0.6) is 0 Å². The van der Waals surface area contributed by atoms with E-state index in [0.29, 0.717) is 31.9 Å². The summed E-state index contributed by atoms with van der Waals surface area (Å²) in [4.78, 5) is 45.0. The number of ether oxygens (including phenoxy) is 1. The summed E-state index contributed by atoms with van der Waals surface area (Å²) in [6, 6.07) is 9.76. The van der Waals surface area contributed by atoms with Crippen molar-refractivity contribution in [2.45, 2.75) is 0 Å². The van der Waals surface area contributed by atoms with Crippen LogP contribution in [0.1, 0.15) is 10.4 Å². The second-order valence-corrected chi connectivity index (χ2v) is 6.99. The first-order valence-electron chi connectivity index (χ1n) is 9.43. The highest BCUT2D eigenvalue weighted by Gasteiger charge is 2.24. The molecule has 0 saturated carbocycles. The fourth-order valence-corrected chi connectivity index (χ4v) is 3.20. The van der Waals surface area contributed by atoms with Crippen molar-refractivity contribution in [1.82, 2.24) is 9.88 Å². The Morgan fingerprint density at radius 3 is 2.50 bits per heavy atom. The van der Waals surface area contributed by atoms with Crippen molar-refractivity contribution < 1.29 is 19.2 Å². The SMILES string of the molecule is CN(C)c1ccc(C(=O)OCC(=O)N2CCN(c3ccccn3)CC2)cc1[N+](=O)[O-]. The van der Waals surface area contributed by atoms with E-state index in [4.69, 9.17) is 4.74 Å². The molecule has 3 rings (SSSR count). The molecule has 1 aliphatic heterocycles. The van der Waals surface area contributed by atoms with Crippen molar-refractivity contribution in [2.75, 3.05) is 56.7 Å². The number of amides is 1. The van der Waals surface area contributed by atoms with Crippen LogP contribution in [0.2, 0.25) is 0 Å². The van der Waals surface area contributed by atoms with Crippen LogP contribution in [0.15, 0.2) is 42.6 Å². The van der Waals surface area contributed by atoms with Crippen molar-refractivity contribution >= 4 is 29.1 Å². The average Bonchev–Trinajstić information content (AvgIpc) is 2.77. The lowest BCUT2D eigenvalue weighted by Gasteiger charge is -2.35. The summed E-state index contributed by atoms with van der Waals surface area (Å²) in [7, 11) is 3.35. The van der Waals surface area contributed by atoms with Gasteiger partial charge in [-0.3, -0.25) is 14.9 Å². The molecule has 0 radical (unpaired) electrons. The highest BCUT2D eigenvalue weighted by Crippen LogP contribution is 2.28. The zero-order valence-electron chi connectivity index (χ0n) is 16.9. The normalized spacial score (nSPS) is 13.7. The molecule has 1 amide bonds. The number of hydrogen-bond donors (Lipinski definition) is 0. The number of pyridine rings is 1. The van der Waals surface area contributed by atoms with Gasteiger partial charge >= 0.3 is 5.97 Å². The molecule has 1 saturated heterocycles. The van der Waals surface area contributed by atoms with Crippen LogP contribution in [-0.2, 0) is 9.53 Å². The first-order valence-corrected chi connectivity index (χ1v) is 9.43. The molecule has 0 atom stereocenters. The van der Waals surface area contributed by atoms with Crippen molar-refractivity contribution in [3.8, 4) is 0 Å². The van der Waals surface area contributed by atoms with Gasteiger partial charge in [0.2, 0.25) is 0 Å². The summed E-state index contributed by atoms with van der Waals surface area (Å²) in [5, 5.41) is 11.3. The zero-order chi connectivity index (χ0) is 21.7. The number of nitro benzene ring substituents is 1. The molecule has 2 heterocycles. The number of benzene rings is 1. The molecule has 0 aliphatic carbocycles. The van der Waals surface area contributed by atoms with Crippen LogP contribution in [0.4, 0.5) is 17.2 Å². The third kappa shape index (κ3) is 4.83. The maximum atomic E-state index is 12.4. The Morgan fingerprint density at radius 1 is 1.17 bits per heavy atom. The largest absolute Gasteiger partial charge is 0.452 e. The number of carbonyl (C=O) groups is 2. The number of hydrogen-bond acceptors (Lipinski definition) is 8. The lowest BCUT2D eigenvalue weighted by atomic mass is 10.1. The van der Waals surface area contributed by atoms with Crippen LogP contribution >= 0.6 is 0 Å². The van der Waals surface area contributed by atoms with E-state index in [2.05, 4.69) is 9.88 Å². The Hall–Kier alpha value is -3.69. The number of rotatable bonds is 6. The Labute approximate surface area is 173 Å². The standard InChI is InChI=1S/C20H23N5O5/c1-22(2)16-7-6-15(13-17(16)25(28)29)20(27)30-14-19(26)24-11-9-23(10-12-24)18-5-3-4-8-21-18/h3-8,13H,9-12,14H2,1-2H3. The van der Waals surface area contributed by atoms with Gasteiger partial charge in [0.1, 0.15) is 11.5 Å². The van der Waals surface area contributed by atoms with Crippen LogP contribution in [-0.4, -0.2) is 73.6 Å². The molecular formula is C20H23N5O5. The minimum Gasteiger partial charge on any atom is -0.452 e. The molecule has 10 nitrogen and oxygen atoms in total. The molecular weight excluding hydrogens is 390 g/mol. The number of nitrogens with zero attached hydrogens (tertiary/aromatic N) is 5. The van der Waals surface area contributed by atoms with E-state index >= 15 is 0 Å². The summed E-state index contributed by atoms with van der Waals surface area (Å²) >= 11 is 0. The van der Waals surface area contributed by atoms with Gasteiger partial charge in [-0.05, 0) is 24.3 Å². The van der Waals surface area contributed by atoms with Gasteiger partial charge in [0.05, 0.1) is 10.5 Å². The van der Waals surface area contributed by atoms with Crippen LogP contribution in [0, 0.1) is 10.1 Å². The van der Waals surface area contributed by atoms with E-state index in [1.54, 1.807) is 30.1 Å². The fourth-order valence-electron chi connectivity index (χ4n) is 3.20. The smallest absolute Gasteiger partial charge is 0.338 e. The van der Waals surface area contributed by atoms with Gasteiger partial charge in [-0.1, -0.05) is 6.07 Å². The minimum atomic E-state index is -0.774. The number of esters is 1.